The lowest BCUT2D eigenvalue weighted by Crippen LogP contribution is -2.34. The zero-order valence-corrected chi connectivity index (χ0v) is 22.0. The third-order valence-electron chi connectivity index (χ3n) is 7.61. The van der Waals surface area contributed by atoms with Gasteiger partial charge in [-0.25, -0.2) is 4.52 Å². The Labute approximate surface area is 214 Å². The van der Waals surface area contributed by atoms with Gasteiger partial charge in [-0.15, -0.1) is 0 Å². The van der Waals surface area contributed by atoms with Gasteiger partial charge < -0.3 is 24.2 Å². The second kappa shape index (κ2) is 10.7. The SMILES string of the molecule is CCc1nn2c(-c3c(OC)cc(C(C)O)cc3OC)cccc2c1N(CC1CCOCC1)CC1CC1. The molecule has 2 aromatic heterocycles. The number of ether oxygens (including phenoxy) is 3. The number of aliphatic hydroxyl groups is 1. The lowest BCUT2D eigenvalue weighted by Gasteiger charge is -2.31. The van der Waals surface area contributed by atoms with Gasteiger partial charge >= 0.3 is 0 Å². The summed E-state index contributed by atoms with van der Waals surface area (Å²) in [6, 6.07) is 10.1. The van der Waals surface area contributed by atoms with Crippen LogP contribution in [0, 0.1) is 11.8 Å². The van der Waals surface area contributed by atoms with Crippen molar-refractivity contribution in [3.8, 4) is 22.8 Å². The molecule has 36 heavy (non-hydrogen) atoms. The van der Waals surface area contributed by atoms with Gasteiger partial charge in [0.2, 0.25) is 0 Å². The normalized spacial score (nSPS) is 17.4. The lowest BCUT2D eigenvalue weighted by molar-refractivity contribution is 0.0682. The predicted molar refractivity (Wildman–Crippen MR) is 142 cm³/mol. The van der Waals surface area contributed by atoms with E-state index < -0.39 is 6.10 Å². The predicted octanol–water partition coefficient (Wildman–Crippen LogP) is 5.28. The van der Waals surface area contributed by atoms with Crippen molar-refractivity contribution in [1.29, 1.82) is 0 Å². The van der Waals surface area contributed by atoms with E-state index in [9.17, 15) is 5.11 Å². The van der Waals surface area contributed by atoms with Gasteiger partial charge in [0.1, 0.15) is 11.5 Å². The molecular formula is C29H39N3O4. The van der Waals surface area contributed by atoms with Crippen molar-refractivity contribution in [1.82, 2.24) is 9.61 Å². The first kappa shape index (κ1) is 24.9. The first-order valence-electron chi connectivity index (χ1n) is 13.3. The number of benzene rings is 1. The highest BCUT2D eigenvalue weighted by Crippen LogP contribution is 2.43. The van der Waals surface area contributed by atoms with Gasteiger partial charge in [-0.1, -0.05) is 13.0 Å². The number of hydrogen-bond donors (Lipinski definition) is 1. The number of aromatic nitrogens is 2. The monoisotopic (exact) mass is 493 g/mol. The minimum Gasteiger partial charge on any atom is -0.496 e. The molecule has 0 bridgehead atoms. The Morgan fingerprint density at radius 3 is 2.25 bits per heavy atom. The van der Waals surface area contributed by atoms with Crippen LogP contribution in [0.25, 0.3) is 16.8 Å². The van der Waals surface area contributed by atoms with Crippen LogP contribution in [0.3, 0.4) is 0 Å². The lowest BCUT2D eigenvalue weighted by atomic mass is 9.99. The van der Waals surface area contributed by atoms with E-state index in [0.29, 0.717) is 17.4 Å². The Balaban J connectivity index is 1.64. The summed E-state index contributed by atoms with van der Waals surface area (Å²) < 4.78 is 19.3. The van der Waals surface area contributed by atoms with Crippen LogP contribution in [0.2, 0.25) is 0 Å². The maximum atomic E-state index is 10.2. The van der Waals surface area contributed by atoms with E-state index in [0.717, 1.165) is 79.5 Å². The molecule has 194 valence electrons. The minimum absolute atomic E-state index is 0.623. The molecule has 1 atom stereocenters. The molecule has 0 radical (unpaired) electrons. The van der Waals surface area contributed by atoms with E-state index in [2.05, 4.69) is 34.5 Å². The van der Waals surface area contributed by atoms with Crippen LogP contribution in [0.5, 0.6) is 11.5 Å². The van der Waals surface area contributed by atoms with Crippen LogP contribution in [0.1, 0.15) is 56.9 Å². The molecule has 7 nitrogen and oxygen atoms in total. The van der Waals surface area contributed by atoms with E-state index >= 15 is 0 Å². The largest absolute Gasteiger partial charge is 0.496 e. The van der Waals surface area contributed by atoms with Crippen molar-refractivity contribution < 1.29 is 19.3 Å². The Bertz CT molecular complexity index is 1170. The summed E-state index contributed by atoms with van der Waals surface area (Å²) in [7, 11) is 3.31. The Kier molecular flexibility index (Phi) is 7.39. The van der Waals surface area contributed by atoms with Crippen molar-refractivity contribution >= 4 is 11.2 Å². The van der Waals surface area contributed by atoms with Gasteiger partial charge in [0.15, 0.2) is 0 Å². The third-order valence-corrected chi connectivity index (χ3v) is 7.61. The maximum absolute atomic E-state index is 10.2. The van der Waals surface area contributed by atoms with Gasteiger partial charge in [-0.3, -0.25) is 0 Å². The molecule has 1 saturated carbocycles. The average Bonchev–Trinajstić information content (AvgIpc) is 3.64. The minimum atomic E-state index is -0.623. The van der Waals surface area contributed by atoms with Crippen LogP contribution < -0.4 is 14.4 Å². The van der Waals surface area contributed by atoms with E-state index in [-0.39, 0.29) is 0 Å². The molecule has 1 N–H and O–H groups in total. The maximum Gasteiger partial charge on any atom is 0.132 e. The number of aliphatic hydroxyl groups excluding tert-OH is 1. The fourth-order valence-corrected chi connectivity index (χ4v) is 5.41. The highest BCUT2D eigenvalue weighted by atomic mass is 16.5. The van der Waals surface area contributed by atoms with Crippen LogP contribution in [-0.2, 0) is 11.2 Å². The van der Waals surface area contributed by atoms with Crippen LogP contribution >= 0.6 is 0 Å². The Morgan fingerprint density at radius 1 is 1.06 bits per heavy atom. The molecule has 3 aromatic rings. The number of pyridine rings is 1. The van der Waals surface area contributed by atoms with Gasteiger partial charge in [0.25, 0.3) is 0 Å². The van der Waals surface area contributed by atoms with Crippen molar-refractivity contribution in [3.63, 3.8) is 0 Å². The third kappa shape index (κ3) is 4.91. The highest BCUT2D eigenvalue weighted by molar-refractivity contribution is 5.82. The fourth-order valence-electron chi connectivity index (χ4n) is 5.41. The molecule has 0 spiro atoms. The Morgan fingerprint density at radius 2 is 1.69 bits per heavy atom. The van der Waals surface area contributed by atoms with Crippen molar-refractivity contribution in [2.75, 3.05) is 45.4 Å². The molecular weight excluding hydrogens is 454 g/mol. The molecule has 5 rings (SSSR count). The summed E-state index contributed by atoms with van der Waals surface area (Å²) in [5, 5.41) is 15.3. The van der Waals surface area contributed by atoms with Crippen LogP contribution in [-0.4, -0.2) is 55.2 Å². The molecule has 2 aliphatic rings. The molecule has 0 amide bonds. The van der Waals surface area contributed by atoms with Gasteiger partial charge in [0.05, 0.1) is 48.5 Å². The number of methoxy groups -OCH3 is 2. The summed E-state index contributed by atoms with van der Waals surface area (Å²) in [6.07, 6.45) is 5.12. The van der Waals surface area contributed by atoms with Gasteiger partial charge in [-0.05, 0) is 80.7 Å². The Hall–Kier alpha value is -2.77. The molecule has 1 aromatic carbocycles. The summed E-state index contributed by atoms with van der Waals surface area (Å²) in [4.78, 5) is 2.61. The second-order valence-electron chi connectivity index (χ2n) is 10.2. The van der Waals surface area contributed by atoms with E-state index in [4.69, 9.17) is 19.3 Å². The number of nitrogens with zero attached hydrogens (tertiary/aromatic N) is 3. The molecule has 1 unspecified atom stereocenters. The van der Waals surface area contributed by atoms with Crippen molar-refractivity contribution in [2.24, 2.45) is 11.8 Å². The average molecular weight is 494 g/mol. The summed E-state index contributed by atoms with van der Waals surface area (Å²) >= 11 is 0. The fraction of sp³-hybridized carbons (Fsp3) is 0.552. The number of rotatable bonds is 10. The van der Waals surface area contributed by atoms with Gasteiger partial charge in [-0.2, -0.15) is 5.10 Å². The number of aryl methyl sites for hydroxylation is 1. The first-order chi connectivity index (χ1) is 17.5. The van der Waals surface area contributed by atoms with Crippen LogP contribution in [0.15, 0.2) is 30.3 Å². The van der Waals surface area contributed by atoms with Gasteiger partial charge in [0, 0.05) is 26.3 Å². The molecule has 3 heterocycles. The zero-order valence-electron chi connectivity index (χ0n) is 22.0. The van der Waals surface area contributed by atoms with Crippen molar-refractivity contribution in [3.05, 3.63) is 41.6 Å². The first-order valence-corrected chi connectivity index (χ1v) is 13.3. The smallest absolute Gasteiger partial charge is 0.132 e. The van der Waals surface area contributed by atoms with E-state index in [1.165, 1.54) is 18.5 Å². The van der Waals surface area contributed by atoms with E-state index in [1.54, 1.807) is 21.1 Å². The number of anilines is 1. The number of fused-ring (bicyclic) bond motifs is 1. The zero-order chi connectivity index (χ0) is 25.2. The molecule has 1 saturated heterocycles. The van der Waals surface area contributed by atoms with E-state index in [1.807, 2.05) is 12.1 Å². The summed E-state index contributed by atoms with van der Waals surface area (Å²) in [6.45, 7) is 7.80. The molecule has 1 aliphatic heterocycles. The van der Waals surface area contributed by atoms with Crippen LogP contribution in [0.4, 0.5) is 5.69 Å². The van der Waals surface area contributed by atoms with Crippen molar-refractivity contribution in [2.45, 2.75) is 52.1 Å². The quantitative estimate of drug-likeness (QED) is 0.415. The highest BCUT2D eigenvalue weighted by Gasteiger charge is 2.30. The molecule has 7 heteroatoms. The molecule has 1 aliphatic carbocycles. The molecule has 2 fully saturated rings. The topological polar surface area (TPSA) is 68.5 Å². The second-order valence-corrected chi connectivity index (χ2v) is 10.2. The number of hydrogen-bond acceptors (Lipinski definition) is 6. The summed E-state index contributed by atoms with van der Waals surface area (Å²) in [5.74, 6) is 2.74. The standard InChI is InChI=1S/C29H39N3O4/c1-5-23-29(31(17-20-9-10-20)18-21-11-13-36-14-12-21)25-8-6-7-24(32(25)30-23)28-26(34-3)15-22(19(2)33)16-27(28)35-4/h6-8,15-16,19-21,33H,5,9-14,17-18H2,1-4H3. The summed E-state index contributed by atoms with van der Waals surface area (Å²) in [5.41, 5.74) is 5.99.